The molecule has 0 N–H and O–H groups in total. The van der Waals surface area contributed by atoms with E-state index in [1.807, 2.05) is 35.9 Å². The molecule has 3 rings (SSSR count). The molecule has 0 saturated carbocycles. The molecule has 1 saturated heterocycles. The van der Waals surface area contributed by atoms with Gasteiger partial charge < -0.3 is 9.32 Å². The van der Waals surface area contributed by atoms with Gasteiger partial charge in [0.25, 0.3) is 0 Å². The molecule has 0 atom stereocenters. The van der Waals surface area contributed by atoms with Crippen molar-refractivity contribution >= 4 is 5.91 Å². The summed E-state index contributed by atoms with van der Waals surface area (Å²) in [6, 6.07) is 0. The third kappa shape index (κ3) is 5.01. The molecule has 154 valence electrons. The third-order valence-corrected chi connectivity index (χ3v) is 5.54. The summed E-state index contributed by atoms with van der Waals surface area (Å²) in [4.78, 5) is 21.4. The Morgan fingerprint density at radius 2 is 1.96 bits per heavy atom. The van der Waals surface area contributed by atoms with Crippen LogP contribution in [0, 0.1) is 6.92 Å². The van der Waals surface area contributed by atoms with Crippen molar-refractivity contribution in [2.24, 2.45) is 7.05 Å². The standard InChI is InChI=1S/C21H33N5O2/c1-16-17(13-23-24(16)5)7-8-20(27)26-10-6-9-25(11-12-26)15-19-22-14-18(28-19)21(2,3)4/h13-14H,6-12,15H2,1-5H3. The fourth-order valence-electron chi connectivity index (χ4n) is 3.49. The molecule has 3 heterocycles. The predicted molar refractivity (Wildman–Crippen MR) is 108 cm³/mol. The van der Waals surface area contributed by atoms with Crippen molar-refractivity contribution in [3.8, 4) is 0 Å². The summed E-state index contributed by atoms with van der Waals surface area (Å²) in [5.74, 6) is 1.91. The molecule has 0 radical (unpaired) electrons. The van der Waals surface area contributed by atoms with Crippen LogP contribution in [0.5, 0.6) is 0 Å². The minimum atomic E-state index is -0.0279. The largest absolute Gasteiger partial charge is 0.444 e. The molecule has 2 aromatic heterocycles. The quantitative estimate of drug-likeness (QED) is 0.789. The number of amides is 1. The summed E-state index contributed by atoms with van der Waals surface area (Å²) in [5.41, 5.74) is 2.26. The molecule has 7 nitrogen and oxygen atoms in total. The average molecular weight is 388 g/mol. The Hall–Kier alpha value is -2.15. The zero-order chi connectivity index (χ0) is 20.3. The van der Waals surface area contributed by atoms with E-state index in [4.69, 9.17) is 4.42 Å². The Labute approximate surface area is 167 Å². The summed E-state index contributed by atoms with van der Waals surface area (Å²) in [6.07, 6.45) is 5.98. The van der Waals surface area contributed by atoms with E-state index in [0.29, 0.717) is 13.0 Å². The highest BCUT2D eigenvalue weighted by molar-refractivity contribution is 5.76. The van der Waals surface area contributed by atoms with Crippen molar-refractivity contribution in [3.63, 3.8) is 0 Å². The first-order valence-electron chi connectivity index (χ1n) is 10.2. The number of carbonyl (C=O) groups is 1. The second-order valence-electron chi connectivity index (χ2n) is 8.76. The van der Waals surface area contributed by atoms with E-state index in [2.05, 4.69) is 35.8 Å². The molecule has 0 unspecified atom stereocenters. The van der Waals surface area contributed by atoms with Crippen molar-refractivity contribution in [1.29, 1.82) is 0 Å². The Morgan fingerprint density at radius 3 is 2.61 bits per heavy atom. The molecule has 1 fully saturated rings. The van der Waals surface area contributed by atoms with Crippen molar-refractivity contribution < 1.29 is 9.21 Å². The van der Waals surface area contributed by atoms with Gasteiger partial charge in [0, 0.05) is 50.8 Å². The van der Waals surface area contributed by atoms with Crippen molar-refractivity contribution in [2.45, 2.75) is 58.9 Å². The van der Waals surface area contributed by atoms with Gasteiger partial charge >= 0.3 is 0 Å². The predicted octanol–water partition coefficient (Wildman–Crippen LogP) is 2.68. The molecular weight excluding hydrogens is 354 g/mol. The van der Waals surface area contributed by atoms with Crippen LogP contribution in [0.4, 0.5) is 0 Å². The minimum Gasteiger partial charge on any atom is -0.444 e. The van der Waals surface area contributed by atoms with Crippen LogP contribution in [0.1, 0.15) is 56.5 Å². The van der Waals surface area contributed by atoms with Gasteiger partial charge in [-0.05, 0) is 25.3 Å². The third-order valence-electron chi connectivity index (χ3n) is 5.54. The van der Waals surface area contributed by atoms with Crippen LogP contribution in [0.25, 0.3) is 0 Å². The zero-order valence-corrected chi connectivity index (χ0v) is 17.9. The molecule has 28 heavy (non-hydrogen) atoms. The second kappa shape index (κ2) is 8.47. The highest BCUT2D eigenvalue weighted by Gasteiger charge is 2.22. The number of oxazole rings is 1. The van der Waals surface area contributed by atoms with E-state index in [9.17, 15) is 4.79 Å². The number of nitrogens with zero attached hydrogens (tertiary/aromatic N) is 5. The van der Waals surface area contributed by atoms with Gasteiger partial charge in [-0.1, -0.05) is 20.8 Å². The first-order chi connectivity index (χ1) is 13.2. The number of aryl methyl sites for hydroxylation is 2. The fourth-order valence-corrected chi connectivity index (χ4v) is 3.49. The molecule has 2 aromatic rings. The lowest BCUT2D eigenvalue weighted by molar-refractivity contribution is -0.131. The van der Waals surface area contributed by atoms with Gasteiger partial charge in [-0.3, -0.25) is 14.4 Å². The molecular formula is C21H33N5O2. The normalized spacial score (nSPS) is 16.4. The maximum Gasteiger partial charge on any atom is 0.222 e. The highest BCUT2D eigenvalue weighted by Crippen LogP contribution is 2.23. The van der Waals surface area contributed by atoms with Crippen LogP contribution < -0.4 is 0 Å². The molecule has 0 spiro atoms. The highest BCUT2D eigenvalue weighted by atomic mass is 16.4. The molecule has 0 aliphatic carbocycles. The smallest absolute Gasteiger partial charge is 0.222 e. The van der Waals surface area contributed by atoms with Crippen LogP contribution >= 0.6 is 0 Å². The monoisotopic (exact) mass is 387 g/mol. The number of hydrogen-bond acceptors (Lipinski definition) is 5. The van der Waals surface area contributed by atoms with Crippen LogP contribution in [-0.4, -0.2) is 56.7 Å². The van der Waals surface area contributed by atoms with Gasteiger partial charge in [-0.25, -0.2) is 4.98 Å². The summed E-state index contributed by atoms with van der Waals surface area (Å²) < 4.78 is 7.78. The first kappa shape index (κ1) is 20.6. The van der Waals surface area contributed by atoms with E-state index >= 15 is 0 Å². The van der Waals surface area contributed by atoms with Gasteiger partial charge in [-0.15, -0.1) is 0 Å². The van der Waals surface area contributed by atoms with E-state index in [-0.39, 0.29) is 11.3 Å². The Balaban J connectivity index is 1.49. The molecule has 1 amide bonds. The number of hydrogen-bond donors (Lipinski definition) is 0. The molecule has 0 bridgehead atoms. The number of rotatable bonds is 5. The van der Waals surface area contributed by atoms with E-state index < -0.39 is 0 Å². The van der Waals surface area contributed by atoms with Gasteiger partial charge in [0.05, 0.1) is 18.9 Å². The van der Waals surface area contributed by atoms with Gasteiger partial charge in [0.1, 0.15) is 5.76 Å². The van der Waals surface area contributed by atoms with Crippen molar-refractivity contribution in [3.05, 3.63) is 35.3 Å². The summed E-state index contributed by atoms with van der Waals surface area (Å²) in [6.45, 7) is 12.5. The SMILES string of the molecule is Cc1c(CCC(=O)N2CCCN(Cc3ncc(C(C)(C)C)o3)CC2)cnn1C. The van der Waals surface area contributed by atoms with Crippen molar-refractivity contribution in [1.82, 2.24) is 24.6 Å². The maximum absolute atomic E-state index is 12.7. The second-order valence-corrected chi connectivity index (χ2v) is 8.76. The summed E-state index contributed by atoms with van der Waals surface area (Å²) in [7, 11) is 1.93. The lowest BCUT2D eigenvalue weighted by Crippen LogP contribution is -2.35. The van der Waals surface area contributed by atoms with Gasteiger partial charge in [0.2, 0.25) is 11.8 Å². The molecule has 0 aromatic carbocycles. The Morgan fingerprint density at radius 1 is 1.18 bits per heavy atom. The van der Waals surface area contributed by atoms with Crippen LogP contribution in [-0.2, 0) is 30.2 Å². The Bertz CT molecular complexity index is 802. The van der Waals surface area contributed by atoms with E-state index in [1.54, 1.807) is 0 Å². The number of aromatic nitrogens is 3. The molecule has 1 aliphatic rings. The van der Waals surface area contributed by atoms with E-state index in [0.717, 1.165) is 61.9 Å². The van der Waals surface area contributed by atoms with Gasteiger partial charge in [0.15, 0.2) is 0 Å². The maximum atomic E-state index is 12.7. The van der Waals surface area contributed by atoms with Crippen molar-refractivity contribution in [2.75, 3.05) is 26.2 Å². The average Bonchev–Trinajstić information content (AvgIpc) is 3.14. The number of carbonyl (C=O) groups excluding carboxylic acids is 1. The van der Waals surface area contributed by atoms with Gasteiger partial charge in [-0.2, -0.15) is 5.10 Å². The lowest BCUT2D eigenvalue weighted by Gasteiger charge is -2.21. The van der Waals surface area contributed by atoms with Crippen LogP contribution in [0.3, 0.4) is 0 Å². The fraction of sp³-hybridized carbons (Fsp3) is 0.667. The minimum absolute atomic E-state index is 0.0279. The Kier molecular flexibility index (Phi) is 6.23. The van der Waals surface area contributed by atoms with Crippen LogP contribution in [0.15, 0.2) is 16.8 Å². The summed E-state index contributed by atoms with van der Waals surface area (Å²) in [5, 5.41) is 4.26. The molecule has 7 heteroatoms. The molecule has 1 aliphatic heterocycles. The zero-order valence-electron chi connectivity index (χ0n) is 17.9. The summed E-state index contributed by atoms with van der Waals surface area (Å²) >= 11 is 0. The van der Waals surface area contributed by atoms with E-state index in [1.165, 1.54) is 0 Å². The topological polar surface area (TPSA) is 67.4 Å². The lowest BCUT2D eigenvalue weighted by atomic mass is 9.94. The van der Waals surface area contributed by atoms with Crippen LogP contribution in [0.2, 0.25) is 0 Å². The first-order valence-corrected chi connectivity index (χ1v) is 10.2.